The molecule has 0 bridgehead atoms. The van der Waals surface area contributed by atoms with Crippen LogP contribution < -0.4 is 5.32 Å². The Labute approximate surface area is 94.8 Å². The van der Waals surface area contributed by atoms with E-state index in [1.165, 1.54) is 0 Å². The molecule has 2 rings (SSSR count). The van der Waals surface area contributed by atoms with Gasteiger partial charge in [0.05, 0.1) is 25.1 Å². The molecule has 1 fully saturated rings. The second-order valence-electron chi connectivity index (χ2n) is 2.87. The number of ether oxygens (including phenoxy) is 1. The van der Waals surface area contributed by atoms with E-state index in [0.29, 0.717) is 5.92 Å². The summed E-state index contributed by atoms with van der Waals surface area (Å²) in [7, 11) is 0. The highest BCUT2D eigenvalue weighted by atomic mass is 35.5. The maximum absolute atomic E-state index is 5.39. The van der Waals surface area contributed by atoms with Gasteiger partial charge in [0, 0.05) is 19.0 Å². The lowest BCUT2D eigenvalue weighted by Crippen LogP contribution is -2.21. The first-order valence-corrected chi connectivity index (χ1v) is 4.11. The molecule has 0 radical (unpaired) electrons. The van der Waals surface area contributed by atoms with Gasteiger partial charge in [-0.15, -0.1) is 24.8 Å². The first-order valence-electron chi connectivity index (χ1n) is 4.11. The second kappa shape index (κ2) is 7.00. The van der Waals surface area contributed by atoms with Crippen LogP contribution in [0.2, 0.25) is 0 Å². The topological polar surface area (TPSA) is 62.8 Å². The standard InChI is InChI=1S/C7H12N4O.2ClH/c1-2-12-5-6(3-8-1)7-4-9-11-10-7;;/h4,6,8H,1-3,5H2,(H,9,10,11);2*1H. The molecule has 0 aromatic carbocycles. The number of rotatable bonds is 1. The van der Waals surface area contributed by atoms with Crippen LogP contribution in [0.25, 0.3) is 0 Å². The van der Waals surface area contributed by atoms with Crippen molar-refractivity contribution in [2.75, 3.05) is 26.3 Å². The van der Waals surface area contributed by atoms with E-state index in [0.717, 1.165) is 32.0 Å². The molecule has 1 aromatic rings. The Morgan fingerprint density at radius 2 is 2.29 bits per heavy atom. The van der Waals surface area contributed by atoms with E-state index in [1.54, 1.807) is 6.20 Å². The Bertz CT molecular complexity index is 224. The molecule has 5 nitrogen and oxygen atoms in total. The molecule has 1 aliphatic rings. The van der Waals surface area contributed by atoms with Gasteiger partial charge in [-0.05, 0) is 0 Å². The molecular weight excluding hydrogens is 227 g/mol. The molecule has 14 heavy (non-hydrogen) atoms. The minimum Gasteiger partial charge on any atom is -0.379 e. The van der Waals surface area contributed by atoms with Crippen LogP contribution in [0.1, 0.15) is 11.6 Å². The van der Waals surface area contributed by atoms with E-state index in [4.69, 9.17) is 4.74 Å². The van der Waals surface area contributed by atoms with Gasteiger partial charge in [0.2, 0.25) is 0 Å². The van der Waals surface area contributed by atoms with Crippen molar-refractivity contribution < 1.29 is 4.74 Å². The van der Waals surface area contributed by atoms with Gasteiger partial charge < -0.3 is 10.1 Å². The summed E-state index contributed by atoms with van der Waals surface area (Å²) in [5.41, 5.74) is 0.976. The van der Waals surface area contributed by atoms with Crippen LogP contribution in [-0.2, 0) is 4.74 Å². The number of aromatic nitrogens is 3. The molecule has 0 spiro atoms. The molecule has 1 saturated heterocycles. The van der Waals surface area contributed by atoms with Crippen molar-refractivity contribution in [3.8, 4) is 0 Å². The number of hydrogen-bond acceptors (Lipinski definition) is 4. The van der Waals surface area contributed by atoms with Crippen molar-refractivity contribution in [3.63, 3.8) is 0 Å². The molecule has 0 amide bonds. The van der Waals surface area contributed by atoms with E-state index in [2.05, 4.69) is 20.7 Å². The summed E-state index contributed by atoms with van der Waals surface area (Å²) in [6, 6.07) is 0. The van der Waals surface area contributed by atoms with Crippen LogP contribution >= 0.6 is 24.8 Å². The minimum atomic E-state index is 0. The van der Waals surface area contributed by atoms with Crippen molar-refractivity contribution in [2.24, 2.45) is 0 Å². The Morgan fingerprint density at radius 1 is 1.43 bits per heavy atom. The number of nitrogens with one attached hydrogen (secondary N) is 2. The zero-order valence-corrected chi connectivity index (χ0v) is 9.24. The summed E-state index contributed by atoms with van der Waals surface area (Å²) in [6.07, 6.45) is 1.75. The second-order valence-corrected chi connectivity index (χ2v) is 2.87. The fourth-order valence-corrected chi connectivity index (χ4v) is 1.30. The minimum absolute atomic E-state index is 0. The summed E-state index contributed by atoms with van der Waals surface area (Å²) in [6.45, 7) is 3.37. The van der Waals surface area contributed by atoms with Gasteiger partial charge in [0.1, 0.15) is 0 Å². The third-order valence-electron chi connectivity index (χ3n) is 1.98. The van der Waals surface area contributed by atoms with Crippen LogP contribution in [0.4, 0.5) is 0 Å². The zero-order chi connectivity index (χ0) is 8.23. The van der Waals surface area contributed by atoms with Crippen LogP contribution in [0.3, 0.4) is 0 Å². The Morgan fingerprint density at radius 3 is 3.00 bits per heavy atom. The largest absolute Gasteiger partial charge is 0.379 e. The quantitative estimate of drug-likeness (QED) is 0.744. The van der Waals surface area contributed by atoms with Crippen LogP contribution in [0.5, 0.6) is 0 Å². The highest BCUT2D eigenvalue weighted by Crippen LogP contribution is 2.12. The lowest BCUT2D eigenvalue weighted by molar-refractivity contribution is 0.140. The summed E-state index contributed by atoms with van der Waals surface area (Å²) >= 11 is 0. The van der Waals surface area contributed by atoms with Crippen molar-refractivity contribution >= 4 is 24.8 Å². The molecule has 2 heterocycles. The number of aromatic amines is 1. The van der Waals surface area contributed by atoms with Crippen LogP contribution in [0, 0.1) is 0 Å². The Balaban J connectivity index is 0.000000845. The van der Waals surface area contributed by atoms with E-state index < -0.39 is 0 Å². The molecule has 7 heteroatoms. The number of hydrogen-bond donors (Lipinski definition) is 2. The smallest absolute Gasteiger partial charge is 0.0891 e. The normalized spacial score (nSPS) is 21.6. The summed E-state index contributed by atoms with van der Waals surface area (Å²) in [5.74, 6) is 0.339. The molecular formula is C7H14Cl2N4O. The van der Waals surface area contributed by atoms with Gasteiger partial charge in [0.25, 0.3) is 0 Å². The molecule has 2 N–H and O–H groups in total. The molecule has 0 aliphatic carbocycles. The van der Waals surface area contributed by atoms with Gasteiger partial charge in [0.15, 0.2) is 0 Å². The predicted octanol–water partition coefficient (Wildman–Crippen LogP) is 0.352. The number of halogens is 2. The fraction of sp³-hybridized carbons (Fsp3) is 0.714. The average Bonchev–Trinajstić information content (AvgIpc) is 2.48. The molecule has 1 unspecified atom stereocenters. The van der Waals surface area contributed by atoms with Crippen LogP contribution in [-0.4, -0.2) is 41.7 Å². The van der Waals surface area contributed by atoms with Gasteiger partial charge in [-0.2, -0.15) is 15.4 Å². The SMILES string of the molecule is Cl.Cl.c1n[nH]nc1C1CNCCOC1. The van der Waals surface area contributed by atoms with E-state index in [-0.39, 0.29) is 24.8 Å². The third kappa shape index (κ3) is 3.42. The molecule has 1 atom stereocenters. The van der Waals surface area contributed by atoms with Gasteiger partial charge in [-0.3, -0.25) is 0 Å². The van der Waals surface area contributed by atoms with Gasteiger partial charge in [-0.25, -0.2) is 0 Å². The predicted molar refractivity (Wildman–Crippen MR) is 57.3 cm³/mol. The van der Waals surface area contributed by atoms with E-state index >= 15 is 0 Å². The van der Waals surface area contributed by atoms with Gasteiger partial charge >= 0.3 is 0 Å². The average molecular weight is 241 g/mol. The fourth-order valence-electron chi connectivity index (χ4n) is 1.30. The first-order chi connectivity index (χ1) is 5.97. The highest BCUT2D eigenvalue weighted by Gasteiger charge is 2.16. The van der Waals surface area contributed by atoms with E-state index in [9.17, 15) is 0 Å². The highest BCUT2D eigenvalue weighted by molar-refractivity contribution is 5.85. The number of nitrogens with zero attached hydrogens (tertiary/aromatic N) is 2. The van der Waals surface area contributed by atoms with Crippen molar-refractivity contribution in [3.05, 3.63) is 11.9 Å². The maximum atomic E-state index is 5.39. The summed E-state index contributed by atoms with van der Waals surface area (Å²) in [5, 5.41) is 13.7. The lowest BCUT2D eigenvalue weighted by Gasteiger charge is -2.08. The van der Waals surface area contributed by atoms with Gasteiger partial charge in [-0.1, -0.05) is 0 Å². The van der Waals surface area contributed by atoms with E-state index in [1.807, 2.05) is 0 Å². The first kappa shape index (κ1) is 13.6. The summed E-state index contributed by atoms with van der Waals surface area (Å²) < 4.78 is 5.39. The third-order valence-corrected chi connectivity index (χ3v) is 1.98. The van der Waals surface area contributed by atoms with Crippen molar-refractivity contribution in [1.29, 1.82) is 0 Å². The lowest BCUT2D eigenvalue weighted by atomic mass is 10.1. The number of H-pyrrole nitrogens is 1. The molecule has 0 saturated carbocycles. The monoisotopic (exact) mass is 240 g/mol. The Kier molecular flexibility index (Phi) is 6.82. The zero-order valence-electron chi connectivity index (χ0n) is 7.60. The maximum Gasteiger partial charge on any atom is 0.0891 e. The molecule has 1 aromatic heterocycles. The summed E-state index contributed by atoms with van der Waals surface area (Å²) in [4.78, 5) is 0. The van der Waals surface area contributed by atoms with Crippen molar-refractivity contribution in [2.45, 2.75) is 5.92 Å². The molecule has 1 aliphatic heterocycles. The van der Waals surface area contributed by atoms with Crippen LogP contribution in [0.15, 0.2) is 6.20 Å². The Hall–Kier alpha value is -0.360. The molecule has 82 valence electrons. The van der Waals surface area contributed by atoms with Crippen molar-refractivity contribution in [1.82, 2.24) is 20.7 Å².